The van der Waals surface area contributed by atoms with Crippen LogP contribution in [0.1, 0.15) is 43.5 Å². The van der Waals surface area contributed by atoms with E-state index >= 15 is 0 Å². The van der Waals surface area contributed by atoms with Crippen LogP contribution in [0.5, 0.6) is 0 Å². The summed E-state index contributed by atoms with van der Waals surface area (Å²) in [4.78, 5) is 23.7. The Morgan fingerprint density at radius 1 is 1.28 bits per heavy atom. The molecule has 1 saturated heterocycles. The van der Waals surface area contributed by atoms with E-state index in [1.54, 1.807) is 22.8 Å². The first kappa shape index (κ1) is 16.0. The summed E-state index contributed by atoms with van der Waals surface area (Å²) in [6.07, 6.45) is 4.94. The third-order valence-electron chi connectivity index (χ3n) is 4.76. The molecule has 4 rings (SSSR count). The quantitative estimate of drug-likeness (QED) is 0.762. The largest absolute Gasteiger partial charge is 0.384 e. The van der Waals surface area contributed by atoms with Crippen LogP contribution in [0, 0.1) is 0 Å². The fraction of sp³-hybridized carbons (Fsp3) is 0.412. The average molecular weight is 356 g/mol. The van der Waals surface area contributed by atoms with Crippen molar-refractivity contribution in [2.45, 2.75) is 45.2 Å². The summed E-state index contributed by atoms with van der Waals surface area (Å²) < 4.78 is 1.55. The highest BCUT2D eigenvalue weighted by atomic mass is 32.1. The van der Waals surface area contributed by atoms with Gasteiger partial charge in [-0.15, -0.1) is 16.4 Å². The predicted octanol–water partition coefficient (Wildman–Crippen LogP) is 2.84. The van der Waals surface area contributed by atoms with E-state index in [9.17, 15) is 4.79 Å². The first-order chi connectivity index (χ1) is 12.0. The van der Waals surface area contributed by atoms with Crippen molar-refractivity contribution in [2.24, 2.45) is 0 Å². The van der Waals surface area contributed by atoms with Crippen molar-refractivity contribution in [1.29, 1.82) is 0 Å². The Hall–Kier alpha value is -2.48. The number of nitrogens with zero attached hydrogens (tertiary/aromatic N) is 5. The number of carbonyl (C=O) groups excluding carboxylic acids is 1. The number of amides is 1. The molecule has 0 aromatic carbocycles. The average Bonchev–Trinajstić information content (AvgIpc) is 3.23. The number of piperidine rings is 1. The molecule has 1 aliphatic heterocycles. The minimum absolute atomic E-state index is 0.00713. The maximum atomic E-state index is 13.1. The summed E-state index contributed by atoms with van der Waals surface area (Å²) >= 11 is 1.47. The van der Waals surface area contributed by atoms with E-state index in [2.05, 4.69) is 28.9 Å². The number of carbonyl (C=O) groups is 1. The monoisotopic (exact) mass is 356 g/mol. The second-order valence-corrected chi connectivity index (χ2v) is 7.45. The molecule has 0 bridgehead atoms. The summed E-state index contributed by atoms with van der Waals surface area (Å²) in [5, 5.41) is 7.01. The highest BCUT2D eigenvalue weighted by molar-refractivity contribution is 7.13. The second kappa shape index (κ2) is 6.11. The molecule has 0 saturated carbocycles. The summed E-state index contributed by atoms with van der Waals surface area (Å²) in [7, 11) is 0. The molecule has 2 N–H and O–H groups in total. The lowest BCUT2D eigenvalue weighted by atomic mass is 9.96. The number of aromatic nitrogens is 4. The van der Waals surface area contributed by atoms with Crippen LogP contribution in [0.4, 0.5) is 5.82 Å². The minimum atomic E-state index is 0.00713. The van der Waals surface area contributed by atoms with E-state index < -0.39 is 0 Å². The molecule has 3 aromatic heterocycles. The Labute approximate surface area is 149 Å². The van der Waals surface area contributed by atoms with Crippen LogP contribution < -0.4 is 5.73 Å². The van der Waals surface area contributed by atoms with Crippen LogP contribution in [0.15, 0.2) is 23.7 Å². The van der Waals surface area contributed by atoms with Crippen LogP contribution in [-0.4, -0.2) is 42.5 Å². The number of rotatable bonds is 2. The van der Waals surface area contributed by atoms with Crippen molar-refractivity contribution < 1.29 is 4.79 Å². The Kier molecular flexibility index (Phi) is 3.91. The number of anilines is 1. The standard InChI is InChI=1S/C17H20N6OS/c1-10-4-3-5-11(2)22(10)17(24)12-8-13(18)23-14(9-12)20-15(21-23)16-19-6-7-25-16/h6-11H,3-5,18H2,1-2H3/t10-,11+. The zero-order valence-electron chi connectivity index (χ0n) is 14.2. The maximum absolute atomic E-state index is 13.1. The number of fused-ring (bicyclic) bond motifs is 1. The van der Waals surface area contributed by atoms with Crippen molar-refractivity contribution in [3.05, 3.63) is 29.3 Å². The molecule has 0 unspecified atom stereocenters. The number of likely N-dealkylation sites (tertiary alicyclic amines) is 1. The van der Waals surface area contributed by atoms with Gasteiger partial charge in [-0.25, -0.2) is 9.97 Å². The van der Waals surface area contributed by atoms with Crippen molar-refractivity contribution >= 4 is 28.7 Å². The zero-order valence-corrected chi connectivity index (χ0v) is 15.0. The van der Waals surface area contributed by atoms with Crippen molar-refractivity contribution in [3.8, 4) is 10.8 Å². The molecule has 25 heavy (non-hydrogen) atoms. The van der Waals surface area contributed by atoms with Crippen LogP contribution in [0.2, 0.25) is 0 Å². The zero-order chi connectivity index (χ0) is 17.6. The van der Waals surface area contributed by atoms with E-state index in [0.717, 1.165) is 24.3 Å². The highest BCUT2D eigenvalue weighted by Gasteiger charge is 2.30. The van der Waals surface area contributed by atoms with Crippen molar-refractivity contribution in [2.75, 3.05) is 5.73 Å². The molecule has 1 fully saturated rings. The van der Waals surface area contributed by atoms with Gasteiger partial charge in [0.25, 0.3) is 5.91 Å². The van der Waals surface area contributed by atoms with Gasteiger partial charge in [0, 0.05) is 29.2 Å². The van der Waals surface area contributed by atoms with Gasteiger partial charge in [-0.2, -0.15) is 4.52 Å². The van der Waals surface area contributed by atoms with Crippen LogP contribution >= 0.6 is 11.3 Å². The van der Waals surface area contributed by atoms with Gasteiger partial charge in [0.2, 0.25) is 5.82 Å². The van der Waals surface area contributed by atoms with Crippen molar-refractivity contribution in [1.82, 2.24) is 24.5 Å². The third-order valence-corrected chi connectivity index (χ3v) is 5.53. The maximum Gasteiger partial charge on any atom is 0.254 e. The first-order valence-corrected chi connectivity index (χ1v) is 9.31. The first-order valence-electron chi connectivity index (χ1n) is 8.43. The van der Waals surface area contributed by atoms with Crippen molar-refractivity contribution in [3.63, 3.8) is 0 Å². The van der Waals surface area contributed by atoms with Crippen LogP contribution in [-0.2, 0) is 0 Å². The summed E-state index contributed by atoms with van der Waals surface area (Å²) in [5.41, 5.74) is 7.25. The Balaban J connectivity index is 1.74. The Morgan fingerprint density at radius 3 is 2.72 bits per heavy atom. The molecule has 0 spiro atoms. The number of hydrogen-bond acceptors (Lipinski definition) is 6. The van der Waals surface area contributed by atoms with E-state index in [-0.39, 0.29) is 18.0 Å². The Bertz CT molecular complexity index is 909. The fourth-order valence-electron chi connectivity index (χ4n) is 3.53. The second-order valence-electron chi connectivity index (χ2n) is 6.55. The molecule has 0 radical (unpaired) electrons. The topological polar surface area (TPSA) is 89.4 Å². The lowest BCUT2D eigenvalue weighted by Gasteiger charge is -2.39. The lowest BCUT2D eigenvalue weighted by Crippen LogP contribution is -2.47. The van der Waals surface area contributed by atoms with E-state index in [0.29, 0.717) is 22.9 Å². The summed E-state index contributed by atoms with van der Waals surface area (Å²) in [6, 6.07) is 3.91. The van der Waals surface area contributed by atoms with Gasteiger partial charge in [-0.3, -0.25) is 4.79 Å². The van der Waals surface area contributed by atoms with Gasteiger partial charge < -0.3 is 10.6 Å². The molecular formula is C17H20N6OS. The van der Waals surface area contributed by atoms with Gasteiger partial charge in [0.15, 0.2) is 10.7 Å². The Morgan fingerprint density at radius 2 is 2.04 bits per heavy atom. The number of nitrogens with two attached hydrogens (primary N) is 1. The molecule has 8 heteroatoms. The van der Waals surface area contributed by atoms with Gasteiger partial charge in [0.05, 0.1) is 0 Å². The summed E-state index contributed by atoms with van der Waals surface area (Å²) in [6.45, 7) is 4.21. The lowest BCUT2D eigenvalue weighted by molar-refractivity contribution is 0.0511. The van der Waals surface area contributed by atoms with Gasteiger partial charge in [0.1, 0.15) is 5.82 Å². The molecule has 3 aromatic rings. The van der Waals surface area contributed by atoms with E-state index in [4.69, 9.17) is 5.73 Å². The van der Waals surface area contributed by atoms with Gasteiger partial charge in [-0.1, -0.05) is 0 Å². The number of pyridine rings is 1. The van der Waals surface area contributed by atoms with E-state index in [1.165, 1.54) is 11.3 Å². The number of thiazole rings is 1. The van der Waals surface area contributed by atoms with Gasteiger partial charge in [-0.05, 0) is 45.2 Å². The molecular weight excluding hydrogens is 336 g/mol. The molecule has 1 amide bonds. The third kappa shape index (κ3) is 2.76. The number of hydrogen-bond donors (Lipinski definition) is 1. The number of nitrogen functional groups attached to an aromatic ring is 1. The van der Waals surface area contributed by atoms with Crippen LogP contribution in [0.25, 0.3) is 16.5 Å². The normalized spacial score (nSPS) is 21.0. The SMILES string of the molecule is C[C@@H]1CCC[C@H](C)N1C(=O)c1cc(N)n2nc(-c3nccs3)nc2c1. The molecule has 130 valence electrons. The fourth-order valence-corrected chi connectivity index (χ4v) is 4.09. The van der Waals surface area contributed by atoms with E-state index in [1.807, 2.05) is 10.3 Å². The molecule has 0 aliphatic carbocycles. The molecule has 4 heterocycles. The molecule has 1 aliphatic rings. The smallest absolute Gasteiger partial charge is 0.254 e. The van der Waals surface area contributed by atoms with Gasteiger partial charge >= 0.3 is 0 Å². The molecule has 2 atom stereocenters. The highest BCUT2D eigenvalue weighted by Crippen LogP contribution is 2.26. The predicted molar refractivity (Wildman–Crippen MR) is 97.5 cm³/mol. The molecule has 7 nitrogen and oxygen atoms in total. The minimum Gasteiger partial charge on any atom is -0.384 e. The summed E-state index contributed by atoms with van der Waals surface area (Å²) in [5.74, 6) is 0.923. The van der Waals surface area contributed by atoms with Crippen LogP contribution in [0.3, 0.4) is 0 Å².